The quantitative estimate of drug-likeness (QED) is 0.516. The third kappa shape index (κ3) is 5.45. The van der Waals surface area contributed by atoms with Crippen molar-refractivity contribution in [2.24, 2.45) is 0 Å². The second-order valence-corrected chi connectivity index (χ2v) is 8.43. The molecule has 1 aliphatic heterocycles. The van der Waals surface area contributed by atoms with E-state index in [2.05, 4.69) is 23.7 Å². The summed E-state index contributed by atoms with van der Waals surface area (Å²) in [5, 5.41) is 0. The Morgan fingerprint density at radius 1 is 1.15 bits per heavy atom. The van der Waals surface area contributed by atoms with Crippen molar-refractivity contribution in [3.8, 4) is 0 Å². The van der Waals surface area contributed by atoms with Crippen LogP contribution in [0.15, 0.2) is 48.8 Å². The van der Waals surface area contributed by atoms with E-state index in [1.54, 1.807) is 42.5 Å². The molecule has 1 aliphatic rings. The van der Waals surface area contributed by atoms with Crippen LogP contribution in [-0.2, 0) is 26.3 Å². The second-order valence-electron chi connectivity index (χ2n) is 8.43. The molecule has 1 atom stereocenters. The van der Waals surface area contributed by atoms with E-state index < -0.39 is 17.1 Å². The maximum Gasteiger partial charge on any atom is 0.241 e. The highest BCUT2D eigenvalue weighted by Gasteiger charge is 2.54. The third-order valence-corrected chi connectivity index (χ3v) is 6.37. The number of benzene rings is 1. The van der Waals surface area contributed by atoms with Gasteiger partial charge in [0.1, 0.15) is 5.82 Å². The summed E-state index contributed by atoms with van der Waals surface area (Å²) in [7, 11) is 1.69. The standard InChI is InChI=1S/C25H31FN4O3/c1-4-29(5-2)13-12-28(3)22(31)15-25(20-9-6-10-21(26)14-20)16-23(32)30(24(25)33)18-19-8-7-11-27-17-19/h6-11,14,17H,4-5,12-13,15-16,18H2,1-3H3/t25-/m0/s1. The van der Waals surface area contributed by atoms with E-state index in [1.807, 2.05) is 0 Å². The summed E-state index contributed by atoms with van der Waals surface area (Å²) in [6.07, 6.45) is 2.83. The first-order valence-corrected chi connectivity index (χ1v) is 11.3. The van der Waals surface area contributed by atoms with Crippen LogP contribution in [0.25, 0.3) is 0 Å². The second kappa shape index (κ2) is 10.7. The van der Waals surface area contributed by atoms with Gasteiger partial charge in [0.25, 0.3) is 0 Å². The average Bonchev–Trinajstić information content (AvgIpc) is 3.05. The first kappa shape index (κ1) is 24.5. The number of carbonyl (C=O) groups is 3. The summed E-state index contributed by atoms with van der Waals surface area (Å²) in [4.78, 5) is 48.8. The van der Waals surface area contributed by atoms with Crippen molar-refractivity contribution in [2.45, 2.75) is 38.6 Å². The Labute approximate surface area is 194 Å². The SMILES string of the molecule is CCN(CC)CCN(C)C(=O)C[C@@]1(c2cccc(F)c2)CC(=O)N(Cc2cccnc2)C1=O. The first-order chi connectivity index (χ1) is 15.8. The van der Waals surface area contributed by atoms with E-state index in [0.717, 1.165) is 18.0 Å². The van der Waals surface area contributed by atoms with Crippen molar-refractivity contribution in [1.29, 1.82) is 0 Å². The molecule has 0 spiro atoms. The minimum absolute atomic E-state index is 0.0640. The molecular formula is C25H31FN4O3. The number of carbonyl (C=O) groups excluding carboxylic acids is 3. The lowest BCUT2D eigenvalue weighted by molar-refractivity contribution is -0.143. The molecule has 0 unspecified atom stereocenters. The predicted molar refractivity (Wildman–Crippen MR) is 123 cm³/mol. The van der Waals surface area contributed by atoms with E-state index >= 15 is 0 Å². The fourth-order valence-corrected chi connectivity index (χ4v) is 4.24. The fraction of sp³-hybridized carbons (Fsp3) is 0.440. The number of amides is 3. The van der Waals surface area contributed by atoms with Gasteiger partial charge in [-0.2, -0.15) is 0 Å². The molecule has 3 amide bonds. The van der Waals surface area contributed by atoms with Gasteiger partial charge in [-0.1, -0.05) is 32.0 Å². The zero-order chi connectivity index (χ0) is 24.0. The van der Waals surface area contributed by atoms with Gasteiger partial charge in [0.05, 0.1) is 12.0 Å². The summed E-state index contributed by atoms with van der Waals surface area (Å²) in [5.74, 6) is -1.63. The fourth-order valence-electron chi connectivity index (χ4n) is 4.24. The minimum atomic E-state index is -1.43. The molecule has 1 fully saturated rings. The van der Waals surface area contributed by atoms with E-state index in [4.69, 9.17) is 0 Å². The predicted octanol–water partition coefficient (Wildman–Crippen LogP) is 2.61. The van der Waals surface area contributed by atoms with Crippen LogP contribution in [0.1, 0.15) is 37.8 Å². The van der Waals surface area contributed by atoms with Crippen molar-refractivity contribution in [3.63, 3.8) is 0 Å². The van der Waals surface area contributed by atoms with Crippen molar-refractivity contribution >= 4 is 17.7 Å². The monoisotopic (exact) mass is 454 g/mol. The summed E-state index contributed by atoms with van der Waals surface area (Å²) < 4.78 is 14.1. The number of pyridine rings is 1. The van der Waals surface area contributed by atoms with Crippen LogP contribution in [0, 0.1) is 5.82 Å². The highest BCUT2D eigenvalue weighted by molar-refractivity contribution is 6.10. The summed E-state index contributed by atoms with van der Waals surface area (Å²) in [5.41, 5.74) is -0.376. The average molecular weight is 455 g/mol. The molecule has 0 radical (unpaired) electrons. The third-order valence-electron chi connectivity index (χ3n) is 6.37. The number of likely N-dealkylation sites (tertiary alicyclic amines) is 1. The highest BCUT2D eigenvalue weighted by atomic mass is 19.1. The molecule has 0 bridgehead atoms. The van der Waals surface area contributed by atoms with Gasteiger partial charge in [-0.05, 0) is 42.4 Å². The van der Waals surface area contributed by atoms with Crippen molar-refractivity contribution in [1.82, 2.24) is 19.7 Å². The molecule has 7 nitrogen and oxygen atoms in total. The van der Waals surface area contributed by atoms with Gasteiger partial charge < -0.3 is 9.80 Å². The van der Waals surface area contributed by atoms with E-state index in [0.29, 0.717) is 24.2 Å². The van der Waals surface area contributed by atoms with Crippen LogP contribution in [0.3, 0.4) is 0 Å². The molecule has 1 saturated heterocycles. The maximum atomic E-state index is 14.1. The number of hydrogen-bond acceptors (Lipinski definition) is 5. The largest absolute Gasteiger partial charge is 0.344 e. The number of rotatable bonds is 10. The summed E-state index contributed by atoms with van der Waals surface area (Å²) in [6.45, 7) is 7.15. The number of aromatic nitrogens is 1. The van der Waals surface area contributed by atoms with Crippen LogP contribution >= 0.6 is 0 Å². The number of likely N-dealkylation sites (N-methyl/N-ethyl adjacent to an activating group) is 2. The van der Waals surface area contributed by atoms with Gasteiger partial charge in [-0.15, -0.1) is 0 Å². The molecule has 0 saturated carbocycles. The van der Waals surface area contributed by atoms with Gasteiger partial charge in [-0.3, -0.25) is 24.3 Å². The van der Waals surface area contributed by atoms with Crippen LogP contribution < -0.4 is 0 Å². The van der Waals surface area contributed by atoms with Crippen LogP contribution in [0.2, 0.25) is 0 Å². The molecule has 1 aromatic heterocycles. The molecule has 1 aromatic carbocycles. The first-order valence-electron chi connectivity index (χ1n) is 11.3. The Morgan fingerprint density at radius 2 is 1.91 bits per heavy atom. The van der Waals surface area contributed by atoms with Crippen molar-refractivity contribution in [3.05, 3.63) is 65.7 Å². The number of halogens is 1. The zero-order valence-corrected chi connectivity index (χ0v) is 19.5. The Kier molecular flexibility index (Phi) is 7.92. The molecule has 8 heteroatoms. The lowest BCUT2D eigenvalue weighted by atomic mass is 9.75. The minimum Gasteiger partial charge on any atom is -0.344 e. The van der Waals surface area contributed by atoms with Crippen LogP contribution in [-0.4, -0.2) is 70.6 Å². The molecule has 3 rings (SSSR count). The van der Waals surface area contributed by atoms with E-state index in [1.165, 1.54) is 18.2 Å². The summed E-state index contributed by atoms with van der Waals surface area (Å²) >= 11 is 0. The van der Waals surface area contributed by atoms with E-state index in [-0.39, 0.29) is 31.2 Å². The molecule has 176 valence electrons. The Hall–Kier alpha value is -3.13. The van der Waals surface area contributed by atoms with Crippen molar-refractivity contribution < 1.29 is 18.8 Å². The Balaban J connectivity index is 1.88. The molecule has 2 aromatic rings. The smallest absolute Gasteiger partial charge is 0.241 e. The number of hydrogen-bond donors (Lipinski definition) is 0. The lowest BCUT2D eigenvalue weighted by Gasteiger charge is -2.30. The van der Waals surface area contributed by atoms with Gasteiger partial charge >= 0.3 is 0 Å². The van der Waals surface area contributed by atoms with Gasteiger partial charge in [0.15, 0.2) is 0 Å². The molecule has 0 N–H and O–H groups in total. The molecule has 2 heterocycles. The van der Waals surface area contributed by atoms with Crippen molar-refractivity contribution in [2.75, 3.05) is 33.2 Å². The molecular weight excluding hydrogens is 423 g/mol. The van der Waals surface area contributed by atoms with Gasteiger partial charge in [-0.25, -0.2) is 4.39 Å². The lowest BCUT2D eigenvalue weighted by Crippen LogP contribution is -2.44. The molecule has 33 heavy (non-hydrogen) atoms. The normalized spacial score (nSPS) is 18.3. The highest BCUT2D eigenvalue weighted by Crippen LogP contribution is 2.41. The van der Waals surface area contributed by atoms with Crippen LogP contribution in [0.4, 0.5) is 4.39 Å². The van der Waals surface area contributed by atoms with Crippen LogP contribution in [0.5, 0.6) is 0 Å². The number of nitrogens with zero attached hydrogens (tertiary/aromatic N) is 4. The zero-order valence-electron chi connectivity index (χ0n) is 19.5. The Bertz CT molecular complexity index is 996. The van der Waals surface area contributed by atoms with Gasteiger partial charge in [0, 0.05) is 45.4 Å². The molecule has 0 aliphatic carbocycles. The van der Waals surface area contributed by atoms with Gasteiger partial charge in [0.2, 0.25) is 17.7 Å². The maximum absolute atomic E-state index is 14.1. The topological polar surface area (TPSA) is 73.8 Å². The number of imide groups is 1. The van der Waals surface area contributed by atoms with E-state index in [9.17, 15) is 18.8 Å². The summed E-state index contributed by atoms with van der Waals surface area (Å²) in [6, 6.07) is 9.16. The Morgan fingerprint density at radius 3 is 2.55 bits per heavy atom.